The van der Waals surface area contributed by atoms with E-state index in [1.807, 2.05) is 0 Å². The molecule has 0 unspecified atom stereocenters. The maximum atomic E-state index is 12.3. The van der Waals surface area contributed by atoms with Crippen molar-refractivity contribution in [2.45, 2.75) is 17.7 Å². The Bertz CT molecular complexity index is 548. The summed E-state index contributed by atoms with van der Waals surface area (Å²) in [6.07, 6.45) is -2.66. The van der Waals surface area contributed by atoms with Crippen molar-refractivity contribution < 1.29 is 27.0 Å². The molecule has 0 radical (unpaired) electrons. The van der Waals surface area contributed by atoms with E-state index in [4.69, 9.17) is 9.84 Å². The topological polar surface area (TPSA) is 66.8 Å². The van der Waals surface area contributed by atoms with E-state index in [1.165, 1.54) is 25.3 Å². The summed E-state index contributed by atoms with van der Waals surface area (Å²) in [5, 5.41) is 8.99. The van der Waals surface area contributed by atoms with Crippen LogP contribution in [0.15, 0.2) is 23.1 Å². The van der Waals surface area contributed by atoms with Crippen LogP contribution in [0.2, 0.25) is 0 Å². The third-order valence-corrected chi connectivity index (χ3v) is 4.66. The molecule has 8 heteroatoms. The summed E-state index contributed by atoms with van der Waals surface area (Å²) in [5.74, 6) is 0.434. The normalized spacial score (nSPS) is 12.2. The fraction of sp³-hybridized carbons (Fsp3) is 0.500. The fourth-order valence-corrected chi connectivity index (χ4v) is 3.09. The zero-order valence-corrected chi connectivity index (χ0v) is 12.0. The summed E-state index contributed by atoms with van der Waals surface area (Å²) in [6, 6.07) is 4.20. The van der Waals surface area contributed by atoms with E-state index in [0.717, 1.165) is 7.05 Å². The number of hydrogen-bond donors (Lipinski definition) is 1. The minimum absolute atomic E-state index is 0.0915. The van der Waals surface area contributed by atoms with Crippen molar-refractivity contribution in [3.8, 4) is 5.75 Å². The molecule has 0 atom stereocenters. The minimum Gasteiger partial charge on any atom is -0.497 e. The zero-order chi connectivity index (χ0) is 15.3. The van der Waals surface area contributed by atoms with E-state index < -0.39 is 23.0 Å². The van der Waals surface area contributed by atoms with Crippen LogP contribution in [-0.4, -0.2) is 51.6 Å². The molecule has 5 nitrogen and oxygen atoms in total. The molecule has 0 aliphatic heterocycles. The van der Waals surface area contributed by atoms with Crippen molar-refractivity contribution in [1.29, 1.82) is 0 Å². The Kier molecular flexibility index (Phi) is 5.85. The van der Waals surface area contributed by atoms with Gasteiger partial charge in [-0.05, 0) is 30.2 Å². The van der Waals surface area contributed by atoms with Gasteiger partial charge < -0.3 is 9.84 Å². The summed E-state index contributed by atoms with van der Waals surface area (Å²) >= 11 is 0. The van der Waals surface area contributed by atoms with Crippen molar-refractivity contribution in [1.82, 2.24) is 4.31 Å². The Hall–Kier alpha value is -1.25. The molecule has 0 aromatic heterocycles. The average molecular weight is 309 g/mol. The highest BCUT2D eigenvalue weighted by Crippen LogP contribution is 2.25. The maximum Gasteiger partial charge on any atom is 0.252 e. The largest absolute Gasteiger partial charge is 0.497 e. The first-order chi connectivity index (χ1) is 9.32. The second kappa shape index (κ2) is 6.96. The Balaban J connectivity index is 3.22. The predicted octanol–water partition coefficient (Wildman–Crippen LogP) is 1.12. The van der Waals surface area contributed by atoms with Gasteiger partial charge in [0.2, 0.25) is 10.0 Å². The number of sulfonamides is 1. The number of hydrogen-bond acceptors (Lipinski definition) is 4. The second-order valence-corrected chi connectivity index (χ2v) is 6.14. The number of aliphatic hydroxyl groups is 1. The molecule has 0 saturated heterocycles. The lowest BCUT2D eigenvalue weighted by Crippen LogP contribution is -2.32. The highest BCUT2D eigenvalue weighted by molar-refractivity contribution is 7.89. The van der Waals surface area contributed by atoms with E-state index in [1.54, 1.807) is 0 Å². The molecular formula is C12H17F2NO4S. The third kappa shape index (κ3) is 3.87. The van der Waals surface area contributed by atoms with E-state index in [9.17, 15) is 17.2 Å². The molecule has 0 amide bonds. The lowest BCUT2D eigenvalue weighted by atomic mass is 10.1. The van der Waals surface area contributed by atoms with Crippen molar-refractivity contribution in [3.05, 3.63) is 23.8 Å². The Labute approximate surface area is 116 Å². The van der Waals surface area contributed by atoms with Crippen LogP contribution in [0.25, 0.3) is 0 Å². The smallest absolute Gasteiger partial charge is 0.252 e. The van der Waals surface area contributed by atoms with Crippen LogP contribution < -0.4 is 4.74 Å². The van der Waals surface area contributed by atoms with Gasteiger partial charge in [-0.1, -0.05) is 0 Å². The highest BCUT2D eigenvalue weighted by Gasteiger charge is 2.26. The standard InChI is InChI=1S/C12H17F2NO4S/c1-15(8-12(13)14)20(17,18)11-4-3-10(19-2)7-9(11)5-6-16/h3-4,7,12,16H,5-6,8H2,1-2H3. The molecule has 0 aliphatic carbocycles. The van der Waals surface area contributed by atoms with E-state index in [-0.39, 0.29) is 17.9 Å². The van der Waals surface area contributed by atoms with Crippen LogP contribution in [0.3, 0.4) is 0 Å². The number of aliphatic hydroxyl groups excluding tert-OH is 1. The van der Waals surface area contributed by atoms with Crippen LogP contribution in [0.4, 0.5) is 8.78 Å². The van der Waals surface area contributed by atoms with Crippen molar-refractivity contribution in [2.75, 3.05) is 27.3 Å². The van der Waals surface area contributed by atoms with Crippen LogP contribution in [0.5, 0.6) is 5.75 Å². The first-order valence-electron chi connectivity index (χ1n) is 5.85. The first-order valence-corrected chi connectivity index (χ1v) is 7.29. The number of rotatable bonds is 7. The van der Waals surface area contributed by atoms with E-state index in [0.29, 0.717) is 15.6 Å². The SMILES string of the molecule is COc1ccc(S(=O)(=O)N(C)CC(F)F)c(CCO)c1. The average Bonchev–Trinajstić information content (AvgIpc) is 2.37. The van der Waals surface area contributed by atoms with Gasteiger partial charge in [-0.25, -0.2) is 17.2 Å². The lowest BCUT2D eigenvalue weighted by molar-refractivity contribution is 0.126. The van der Waals surface area contributed by atoms with Crippen molar-refractivity contribution >= 4 is 10.0 Å². The van der Waals surface area contributed by atoms with E-state index >= 15 is 0 Å². The summed E-state index contributed by atoms with van der Waals surface area (Å²) in [6.45, 7) is -1.14. The number of benzene rings is 1. The molecule has 0 aliphatic rings. The van der Waals surface area contributed by atoms with Crippen molar-refractivity contribution in [2.24, 2.45) is 0 Å². The van der Waals surface area contributed by atoms with Gasteiger partial charge in [0.1, 0.15) is 5.75 Å². The minimum atomic E-state index is -4.03. The van der Waals surface area contributed by atoms with Gasteiger partial charge in [-0.3, -0.25) is 0 Å². The fourth-order valence-electron chi connectivity index (χ4n) is 1.71. The second-order valence-electron chi connectivity index (χ2n) is 4.12. The molecule has 1 N–H and O–H groups in total. The number of ether oxygens (including phenoxy) is 1. The summed E-state index contributed by atoms with van der Waals surface area (Å²) in [5.41, 5.74) is 0.327. The third-order valence-electron chi connectivity index (χ3n) is 2.73. The molecule has 1 rings (SSSR count). The van der Waals surface area contributed by atoms with Crippen LogP contribution in [-0.2, 0) is 16.4 Å². The van der Waals surface area contributed by atoms with Gasteiger partial charge in [-0.2, -0.15) is 4.31 Å². The lowest BCUT2D eigenvalue weighted by Gasteiger charge is -2.19. The summed E-state index contributed by atoms with van der Waals surface area (Å²) in [7, 11) is -1.51. The van der Waals surface area contributed by atoms with Crippen molar-refractivity contribution in [3.63, 3.8) is 0 Å². The number of alkyl halides is 2. The maximum absolute atomic E-state index is 12.3. The number of methoxy groups -OCH3 is 1. The molecule has 1 aromatic carbocycles. The Morgan fingerprint density at radius 1 is 1.40 bits per heavy atom. The van der Waals surface area contributed by atoms with Gasteiger partial charge in [-0.15, -0.1) is 0 Å². The number of nitrogens with zero attached hydrogens (tertiary/aromatic N) is 1. The highest BCUT2D eigenvalue weighted by atomic mass is 32.2. The quantitative estimate of drug-likeness (QED) is 0.819. The summed E-state index contributed by atoms with van der Waals surface area (Å²) in [4.78, 5) is -0.101. The predicted molar refractivity (Wildman–Crippen MR) is 69.6 cm³/mol. The van der Waals surface area contributed by atoms with Gasteiger partial charge in [0.05, 0.1) is 18.6 Å². The van der Waals surface area contributed by atoms with Crippen LogP contribution in [0.1, 0.15) is 5.56 Å². The van der Waals surface area contributed by atoms with Gasteiger partial charge >= 0.3 is 0 Å². The Morgan fingerprint density at radius 2 is 2.05 bits per heavy atom. The zero-order valence-electron chi connectivity index (χ0n) is 11.2. The summed E-state index contributed by atoms with van der Waals surface area (Å²) < 4.78 is 54.7. The molecule has 0 bridgehead atoms. The molecule has 0 spiro atoms. The first kappa shape index (κ1) is 16.8. The van der Waals surface area contributed by atoms with Crippen LogP contribution >= 0.6 is 0 Å². The Morgan fingerprint density at radius 3 is 2.55 bits per heavy atom. The van der Waals surface area contributed by atoms with Crippen LogP contribution in [0, 0.1) is 0 Å². The molecule has 1 aromatic rings. The van der Waals surface area contributed by atoms with Gasteiger partial charge in [0.15, 0.2) is 0 Å². The number of halogens is 2. The molecule has 114 valence electrons. The molecule has 0 fully saturated rings. The van der Waals surface area contributed by atoms with E-state index in [2.05, 4.69) is 0 Å². The molecule has 20 heavy (non-hydrogen) atoms. The molecule has 0 heterocycles. The van der Waals surface area contributed by atoms with Gasteiger partial charge in [0, 0.05) is 13.7 Å². The monoisotopic (exact) mass is 309 g/mol. The molecule has 0 saturated carbocycles. The molecular weight excluding hydrogens is 292 g/mol. The van der Waals surface area contributed by atoms with Gasteiger partial charge in [0.25, 0.3) is 6.43 Å².